The van der Waals surface area contributed by atoms with Crippen molar-refractivity contribution in [2.24, 2.45) is 5.16 Å². The Bertz CT molecular complexity index is 953. The van der Waals surface area contributed by atoms with Crippen LogP contribution in [0, 0.1) is 0 Å². The Hall–Kier alpha value is -3.46. The highest BCUT2D eigenvalue weighted by Crippen LogP contribution is 2.25. The lowest BCUT2D eigenvalue weighted by atomic mass is 10.0. The van der Waals surface area contributed by atoms with E-state index in [9.17, 15) is 19.8 Å². The topological polar surface area (TPSA) is 129 Å². The van der Waals surface area contributed by atoms with Gasteiger partial charge in [-0.25, -0.2) is 4.79 Å². The summed E-state index contributed by atoms with van der Waals surface area (Å²) in [5.74, 6) is -1.08. The van der Waals surface area contributed by atoms with Gasteiger partial charge in [0.05, 0.1) is 6.54 Å². The number of aromatic hydroxyl groups is 2. The number of hydrogen-bond donors (Lipinski definition) is 4. The largest absolute Gasteiger partial charge is 0.504 e. The number of phenols is 2. The first-order valence-electron chi connectivity index (χ1n) is 9.54. The molecule has 2 aromatic rings. The van der Waals surface area contributed by atoms with Crippen molar-refractivity contribution in [2.75, 3.05) is 6.54 Å². The first kappa shape index (κ1) is 22.2. The molecule has 2 aromatic carbocycles. The maximum absolute atomic E-state index is 12.7. The average Bonchev–Trinajstić information content (AvgIpc) is 3.18. The highest BCUT2D eigenvalue weighted by Gasteiger charge is 2.25. The standard InChI is InChI=1S/C21H22ClN3O6/c22-19-10-15(31-25-19)11-23-20(28)16(8-14-6-7-17(26)18(27)9-14)24-21(29)30-12-13-4-2-1-3-5-13/h1-7,9,15-16,26-27H,8,10-12H2,(H,23,28)(H,24,29)/t15?,16-/m0/s1. The summed E-state index contributed by atoms with van der Waals surface area (Å²) < 4.78 is 5.20. The zero-order chi connectivity index (χ0) is 22.2. The van der Waals surface area contributed by atoms with E-state index in [1.165, 1.54) is 12.1 Å². The van der Waals surface area contributed by atoms with Crippen molar-refractivity contribution in [3.8, 4) is 11.5 Å². The second-order valence-corrected chi connectivity index (χ2v) is 7.37. The van der Waals surface area contributed by atoms with Crippen molar-refractivity contribution < 1.29 is 29.4 Å². The summed E-state index contributed by atoms with van der Waals surface area (Å²) in [6, 6.07) is 12.3. The van der Waals surface area contributed by atoms with Crippen molar-refractivity contribution in [1.29, 1.82) is 0 Å². The second kappa shape index (κ2) is 10.5. The van der Waals surface area contributed by atoms with Crippen molar-refractivity contribution >= 4 is 28.8 Å². The molecular weight excluding hydrogens is 426 g/mol. The Morgan fingerprint density at radius 2 is 1.94 bits per heavy atom. The smallest absolute Gasteiger partial charge is 0.408 e. The maximum atomic E-state index is 12.7. The summed E-state index contributed by atoms with van der Waals surface area (Å²) >= 11 is 5.77. The number of amides is 2. The number of nitrogens with zero attached hydrogens (tertiary/aromatic N) is 1. The number of rotatable bonds is 8. The van der Waals surface area contributed by atoms with Crippen LogP contribution in [0.2, 0.25) is 0 Å². The van der Waals surface area contributed by atoms with Gasteiger partial charge >= 0.3 is 6.09 Å². The monoisotopic (exact) mass is 447 g/mol. The number of phenolic OH excluding ortho intramolecular Hbond substituents is 2. The number of carbonyl (C=O) groups excluding carboxylic acids is 2. The third-order valence-corrected chi connectivity index (χ3v) is 4.73. The molecule has 1 unspecified atom stereocenters. The van der Waals surface area contributed by atoms with Crippen LogP contribution in [0.25, 0.3) is 0 Å². The lowest BCUT2D eigenvalue weighted by molar-refractivity contribution is -0.123. The summed E-state index contributed by atoms with van der Waals surface area (Å²) in [4.78, 5) is 30.1. The van der Waals surface area contributed by atoms with Gasteiger partial charge in [-0.1, -0.05) is 53.2 Å². The molecule has 0 saturated heterocycles. The Morgan fingerprint density at radius 1 is 1.16 bits per heavy atom. The number of oxime groups is 1. The van der Waals surface area contributed by atoms with E-state index in [1.807, 2.05) is 30.3 Å². The molecule has 10 heteroatoms. The van der Waals surface area contributed by atoms with Gasteiger partial charge in [0.25, 0.3) is 0 Å². The molecule has 0 saturated carbocycles. The summed E-state index contributed by atoms with van der Waals surface area (Å²) in [5, 5.41) is 28.4. The molecule has 4 N–H and O–H groups in total. The van der Waals surface area contributed by atoms with E-state index in [0.717, 1.165) is 5.56 Å². The van der Waals surface area contributed by atoms with E-state index in [4.69, 9.17) is 21.2 Å². The molecule has 1 heterocycles. The average molecular weight is 448 g/mol. The van der Waals surface area contributed by atoms with Gasteiger partial charge in [0.2, 0.25) is 5.91 Å². The highest BCUT2D eigenvalue weighted by atomic mass is 35.5. The highest BCUT2D eigenvalue weighted by molar-refractivity contribution is 6.65. The molecule has 0 aromatic heterocycles. The number of carbonyl (C=O) groups is 2. The van der Waals surface area contributed by atoms with Crippen LogP contribution < -0.4 is 10.6 Å². The summed E-state index contributed by atoms with van der Waals surface area (Å²) in [6.07, 6.45) is -0.719. The van der Waals surface area contributed by atoms with E-state index in [1.54, 1.807) is 6.07 Å². The van der Waals surface area contributed by atoms with Crippen LogP contribution in [0.5, 0.6) is 11.5 Å². The SMILES string of the molecule is O=C(N[C@@H](Cc1ccc(O)c(O)c1)C(=O)NCC1CC(Cl)=NO1)OCc1ccccc1. The summed E-state index contributed by atoms with van der Waals surface area (Å²) in [6.45, 7) is 0.198. The van der Waals surface area contributed by atoms with Gasteiger partial charge in [-0.3, -0.25) is 4.79 Å². The Balaban J connectivity index is 1.61. The van der Waals surface area contributed by atoms with Gasteiger partial charge in [0.1, 0.15) is 17.8 Å². The van der Waals surface area contributed by atoms with Gasteiger partial charge < -0.3 is 30.4 Å². The predicted octanol–water partition coefficient (Wildman–Crippen LogP) is 2.39. The van der Waals surface area contributed by atoms with E-state index < -0.39 is 18.0 Å². The molecule has 0 radical (unpaired) electrons. The molecule has 1 aliphatic heterocycles. The Morgan fingerprint density at radius 3 is 2.61 bits per heavy atom. The summed E-state index contributed by atoms with van der Waals surface area (Å²) in [7, 11) is 0. The molecule has 164 valence electrons. The predicted molar refractivity (Wildman–Crippen MR) is 113 cm³/mol. The van der Waals surface area contributed by atoms with Gasteiger partial charge in [0, 0.05) is 12.8 Å². The molecule has 0 aliphatic carbocycles. The number of ether oxygens (including phenoxy) is 1. The van der Waals surface area contributed by atoms with Crippen molar-refractivity contribution in [2.45, 2.75) is 31.6 Å². The minimum atomic E-state index is -0.995. The van der Waals surface area contributed by atoms with Gasteiger partial charge in [-0.05, 0) is 23.3 Å². The third-order valence-electron chi connectivity index (χ3n) is 4.50. The number of alkyl carbamates (subject to hydrolysis) is 1. The molecule has 1 aliphatic rings. The lowest BCUT2D eigenvalue weighted by Crippen LogP contribution is -2.49. The first-order valence-corrected chi connectivity index (χ1v) is 9.92. The normalized spacial score (nSPS) is 16.0. The third kappa shape index (κ3) is 6.78. The van der Waals surface area contributed by atoms with Crippen LogP contribution in [0.4, 0.5) is 4.79 Å². The fourth-order valence-electron chi connectivity index (χ4n) is 2.89. The second-order valence-electron chi connectivity index (χ2n) is 6.93. The van der Waals surface area contributed by atoms with Crippen LogP contribution in [0.15, 0.2) is 53.7 Å². The molecule has 9 nitrogen and oxygen atoms in total. The number of hydrogen-bond acceptors (Lipinski definition) is 7. The van der Waals surface area contributed by atoms with Crippen molar-refractivity contribution in [3.63, 3.8) is 0 Å². The summed E-state index contributed by atoms with van der Waals surface area (Å²) in [5.41, 5.74) is 1.33. The fourth-order valence-corrected chi connectivity index (χ4v) is 3.10. The molecular formula is C21H22ClN3O6. The van der Waals surface area contributed by atoms with Crippen molar-refractivity contribution in [3.05, 3.63) is 59.7 Å². The Labute approximate surface area is 183 Å². The van der Waals surface area contributed by atoms with E-state index in [0.29, 0.717) is 17.2 Å². The van der Waals surface area contributed by atoms with Crippen LogP contribution in [-0.4, -0.2) is 46.1 Å². The van der Waals surface area contributed by atoms with Gasteiger partial charge in [-0.2, -0.15) is 0 Å². The maximum Gasteiger partial charge on any atom is 0.408 e. The molecule has 3 rings (SSSR count). The van der Waals surface area contributed by atoms with Crippen LogP contribution in [0.3, 0.4) is 0 Å². The van der Waals surface area contributed by atoms with Crippen LogP contribution in [0.1, 0.15) is 17.5 Å². The first-order chi connectivity index (χ1) is 14.9. The minimum absolute atomic E-state index is 0.0484. The van der Waals surface area contributed by atoms with Crippen LogP contribution in [-0.2, 0) is 27.4 Å². The zero-order valence-electron chi connectivity index (χ0n) is 16.5. The number of halogens is 1. The molecule has 0 spiro atoms. The van der Waals surface area contributed by atoms with Crippen molar-refractivity contribution in [1.82, 2.24) is 10.6 Å². The molecule has 0 bridgehead atoms. The fraction of sp³-hybridized carbons (Fsp3) is 0.286. The van der Waals surface area contributed by atoms with E-state index in [2.05, 4.69) is 15.8 Å². The molecule has 31 heavy (non-hydrogen) atoms. The molecule has 2 amide bonds. The van der Waals surface area contributed by atoms with Gasteiger partial charge in [0.15, 0.2) is 17.6 Å². The Kier molecular flexibility index (Phi) is 7.55. The van der Waals surface area contributed by atoms with Crippen LogP contribution >= 0.6 is 11.6 Å². The van der Waals surface area contributed by atoms with E-state index >= 15 is 0 Å². The molecule has 2 atom stereocenters. The van der Waals surface area contributed by atoms with Gasteiger partial charge in [-0.15, -0.1) is 0 Å². The quantitative estimate of drug-likeness (QED) is 0.460. The number of benzene rings is 2. The molecule has 0 fully saturated rings. The lowest BCUT2D eigenvalue weighted by Gasteiger charge is -2.19. The zero-order valence-corrected chi connectivity index (χ0v) is 17.2. The minimum Gasteiger partial charge on any atom is -0.504 e. The number of nitrogens with one attached hydrogen (secondary N) is 2. The van der Waals surface area contributed by atoms with E-state index in [-0.39, 0.29) is 37.2 Å².